The van der Waals surface area contributed by atoms with Gasteiger partial charge in [-0.15, -0.1) is 0 Å². The van der Waals surface area contributed by atoms with Crippen molar-refractivity contribution in [1.82, 2.24) is 0 Å². The maximum Gasteiger partial charge on any atom is 0.165 e. The number of methoxy groups -OCH3 is 1. The second kappa shape index (κ2) is 7.65. The summed E-state index contributed by atoms with van der Waals surface area (Å²) < 4.78 is 6.01. The standard InChI is InChI=1S/C15H21BrO3/c1-4-10(5-2)15(18)14(17)9-11-8-12(19-3)6-7-13(11)16/h6-8,10,15,18H,4-5,9H2,1-3H3. The average Bonchev–Trinajstić information content (AvgIpc) is 2.42. The zero-order valence-electron chi connectivity index (χ0n) is 11.6. The fourth-order valence-corrected chi connectivity index (χ4v) is 2.49. The minimum Gasteiger partial charge on any atom is -0.497 e. The number of aliphatic hydroxyl groups excluding tert-OH is 1. The molecule has 4 heteroatoms. The van der Waals surface area contributed by atoms with Gasteiger partial charge in [0.1, 0.15) is 11.9 Å². The second-order valence-corrected chi connectivity index (χ2v) is 5.48. The van der Waals surface area contributed by atoms with E-state index in [-0.39, 0.29) is 18.1 Å². The number of carbonyl (C=O) groups excluding carboxylic acids is 1. The summed E-state index contributed by atoms with van der Waals surface area (Å²) in [5.74, 6) is 0.613. The minimum atomic E-state index is -0.881. The number of rotatable bonds is 7. The van der Waals surface area contributed by atoms with Crippen molar-refractivity contribution in [2.45, 2.75) is 39.2 Å². The third kappa shape index (κ3) is 4.32. The van der Waals surface area contributed by atoms with E-state index in [1.807, 2.05) is 32.0 Å². The Morgan fingerprint density at radius 3 is 2.53 bits per heavy atom. The van der Waals surface area contributed by atoms with Crippen molar-refractivity contribution in [3.05, 3.63) is 28.2 Å². The van der Waals surface area contributed by atoms with Crippen molar-refractivity contribution in [3.8, 4) is 5.75 Å². The molecule has 0 saturated heterocycles. The first-order valence-corrected chi connectivity index (χ1v) is 7.35. The lowest BCUT2D eigenvalue weighted by molar-refractivity contribution is -0.129. The van der Waals surface area contributed by atoms with Crippen LogP contribution in [0.4, 0.5) is 0 Å². The Bertz CT molecular complexity index is 427. The third-order valence-electron chi connectivity index (χ3n) is 3.44. The second-order valence-electron chi connectivity index (χ2n) is 4.62. The van der Waals surface area contributed by atoms with Gasteiger partial charge in [0.25, 0.3) is 0 Å². The van der Waals surface area contributed by atoms with Crippen molar-refractivity contribution >= 4 is 21.7 Å². The van der Waals surface area contributed by atoms with E-state index >= 15 is 0 Å². The molecule has 0 radical (unpaired) electrons. The molecule has 0 aliphatic carbocycles. The SMILES string of the molecule is CCC(CC)C(O)C(=O)Cc1cc(OC)ccc1Br. The fourth-order valence-electron chi connectivity index (χ4n) is 2.10. The van der Waals surface area contributed by atoms with Crippen LogP contribution in [0.3, 0.4) is 0 Å². The van der Waals surface area contributed by atoms with Crippen LogP contribution >= 0.6 is 15.9 Å². The molecule has 0 fully saturated rings. The van der Waals surface area contributed by atoms with E-state index in [9.17, 15) is 9.90 Å². The van der Waals surface area contributed by atoms with E-state index in [2.05, 4.69) is 15.9 Å². The van der Waals surface area contributed by atoms with Crippen LogP contribution in [0.2, 0.25) is 0 Å². The first-order valence-electron chi connectivity index (χ1n) is 6.56. The van der Waals surface area contributed by atoms with Gasteiger partial charge in [-0.2, -0.15) is 0 Å². The summed E-state index contributed by atoms with van der Waals surface area (Å²) in [6, 6.07) is 5.50. The molecule has 106 valence electrons. The van der Waals surface area contributed by atoms with Crippen LogP contribution in [0.25, 0.3) is 0 Å². The summed E-state index contributed by atoms with van der Waals surface area (Å²) in [7, 11) is 1.59. The number of carbonyl (C=O) groups is 1. The molecule has 1 rings (SSSR count). The highest BCUT2D eigenvalue weighted by Gasteiger charge is 2.23. The van der Waals surface area contributed by atoms with Crippen LogP contribution in [0.1, 0.15) is 32.3 Å². The molecule has 0 saturated carbocycles. The number of halogens is 1. The molecule has 19 heavy (non-hydrogen) atoms. The number of aliphatic hydroxyl groups is 1. The molecule has 0 aliphatic heterocycles. The van der Waals surface area contributed by atoms with Crippen molar-refractivity contribution in [3.63, 3.8) is 0 Å². The maximum atomic E-state index is 12.1. The van der Waals surface area contributed by atoms with Crippen LogP contribution in [0.15, 0.2) is 22.7 Å². The van der Waals surface area contributed by atoms with E-state index in [1.165, 1.54) is 0 Å². The minimum absolute atomic E-state index is 0.0388. The fraction of sp³-hybridized carbons (Fsp3) is 0.533. The van der Waals surface area contributed by atoms with Gasteiger partial charge in [0, 0.05) is 10.9 Å². The van der Waals surface area contributed by atoms with Gasteiger partial charge in [0.05, 0.1) is 7.11 Å². The quantitative estimate of drug-likeness (QED) is 0.834. The third-order valence-corrected chi connectivity index (χ3v) is 4.22. The number of benzene rings is 1. The van der Waals surface area contributed by atoms with Gasteiger partial charge < -0.3 is 9.84 Å². The molecule has 1 aromatic rings. The van der Waals surface area contributed by atoms with Crippen LogP contribution in [0, 0.1) is 5.92 Å². The van der Waals surface area contributed by atoms with Crippen LogP contribution in [-0.4, -0.2) is 24.1 Å². The Hall–Kier alpha value is -0.870. The molecule has 1 unspecified atom stereocenters. The lowest BCUT2D eigenvalue weighted by Crippen LogP contribution is -2.30. The Morgan fingerprint density at radius 1 is 1.37 bits per heavy atom. The Balaban J connectivity index is 2.81. The molecule has 0 amide bonds. The monoisotopic (exact) mass is 328 g/mol. The molecule has 0 aromatic heterocycles. The molecular formula is C15H21BrO3. The lowest BCUT2D eigenvalue weighted by atomic mass is 9.91. The Kier molecular flexibility index (Phi) is 6.52. The number of hydrogen-bond donors (Lipinski definition) is 1. The van der Waals surface area contributed by atoms with Crippen LogP contribution in [0.5, 0.6) is 5.75 Å². The van der Waals surface area contributed by atoms with Gasteiger partial charge in [-0.25, -0.2) is 0 Å². The van der Waals surface area contributed by atoms with Gasteiger partial charge in [0.15, 0.2) is 5.78 Å². The van der Waals surface area contributed by atoms with E-state index < -0.39 is 6.10 Å². The summed E-state index contributed by atoms with van der Waals surface area (Å²) in [6.45, 7) is 3.98. The molecule has 3 nitrogen and oxygen atoms in total. The molecular weight excluding hydrogens is 308 g/mol. The first kappa shape index (κ1) is 16.2. The number of hydrogen-bond acceptors (Lipinski definition) is 3. The van der Waals surface area contributed by atoms with Gasteiger partial charge >= 0.3 is 0 Å². The highest BCUT2D eigenvalue weighted by molar-refractivity contribution is 9.10. The lowest BCUT2D eigenvalue weighted by Gasteiger charge is -2.19. The predicted molar refractivity (Wildman–Crippen MR) is 79.5 cm³/mol. The number of ketones is 1. The number of Topliss-reactive ketones (excluding diaryl/α,β-unsaturated/α-hetero) is 1. The zero-order chi connectivity index (χ0) is 14.4. The van der Waals surface area contributed by atoms with Crippen molar-refractivity contribution in [2.24, 2.45) is 5.92 Å². The molecule has 0 aliphatic rings. The van der Waals surface area contributed by atoms with E-state index in [0.717, 1.165) is 22.9 Å². The Morgan fingerprint density at radius 2 is 2.00 bits per heavy atom. The van der Waals surface area contributed by atoms with Crippen molar-refractivity contribution in [1.29, 1.82) is 0 Å². The highest BCUT2D eigenvalue weighted by atomic mass is 79.9. The maximum absolute atomic E-state index is 12.1. The summed E-state index contributed by atoms with van der Waals surface area (Å²) >= 11 is 3.42. The summed E-state index contributed by atoms with van der Waals surface area (Å²) in [4.78, 5) is 12.1. The van der Waals surface area contributed by atoms with Crippen molar-refractivity contribution in [2.75, 3.05) is 7.11 Å². The van der Waals surface area contributed by atoms with Gasteiger partial charge in [-0.3, -0.25) is 4.79 Å². The summed E-state index contributed by atoms with van der Waals surface area (Å²) in [5, 5.41) is 10.1. The molecule has 0 bridgehead atoms. The van der Waals surface area contributed by atoms with E-state index in [1.54, 1.807) is 7.11 Å². The largest absolute Gasteiger partial charge is 0.497 e. The summed E-state index contributed by atoms with van der Waals surface area (Å²) in [6.07, 6.45) is 0.953. The molecule has 1 atom stereocenters. The van der Waals surface area contributed by atoms with Crippen molar-refractivity contribution < 1.29 is 14.6 Å². The predicted octanol–water partition coefficient (Wildman–Crippen LogP) is 3.37. The molecule has 0 heterocycles. The van der Waals surface area contributed by atoms with E-state index in [4.69, 9.17) is 4.74 Å². The van der Waals surface area contributed by atoms with Crippen LogP contribution < -0.4 is 4.74 Å². The van der Waals surface area contributed by atoms with Gasteiger partial charge in [-0.1, -0.05) is 42.6 Å². The number of ether oxygens (including phenoxy) is 1. The van der Waals surface area contributed by atoms with Gasteiger partial charge in [0.2, 0.25) is 0 Å². The van der Waals surface area contributed by atoms with E-state index in [0.29, 0.717) is 5.75 Å². The molecule has 1 aromatic carbocycles. The Labute approximate surface area is 123 Å². The normalized spacial score (nSPS) is 12.5. The summed E-state index contributed by atoms with van der Waals surface area (Å²) in [5.41, 5.74) is 0.842. The first-order chi connectivity index (χ1) is 9.03. The molecule has 0 spiro atoms. The van der Waals surface area contributed by atoms with Gasteiger partial charge in [-0.05, 0) is 29.7 Å². The highest BCUT2D eigenvalue weighted by Crippen LogP contribution is 2.24. The zero-order valence-corrected chi connectivity index (χ0v) is 13.2. The molecule has 1 N–H and O–H groups in total. The van der Waals surface area contributed by atoms with Crippen LogP contribution in [-0.2, 0) is 11.2 Å². The topological polar surface area (TPSA) is 46.5 Å². The average molecular weight is 329 g/mol. The smallest absolute Gasteiger partial charge is 0.165 e.